The van der Waals surface area contributed by atoms with Crippen LogP contribution in [-0.2, 0) is 0 Å². The van der Waals surface area contributed by atoms with E-state index in [0.717, 1.165) is 18.8 Å². The van der Waals surface area contributed by atoms with Gasteiger partial charge in [0.2, 0.25) is 0 Å². The van der Waals surface area contributed by atoms with E-state index in [0.29, 0.717) is 12.1 Å². The monoisotopic (exact) mass is 279 g/mol. The fourth-order valence-corrected chi connectivity index (χ4v) is 2.31. The molecule has 4 nitrogen and oxygen atoms in total. The van der Waals surface area contributed by atoms with Crippen molar-refractivity contribution in [2.75, 3.05) is 48.4 Å². The van der Waals surface area contributed by atoms with Gasteiger partial charge in [0.05, 0.1) is 7.11 Å². The van der Waals surface area contributed by atoms with Crippen molar-refractivity contribution in [1.29, 1.82) is 0 Å². The molecule has 0 heterocycles. The molecule has 0 fully saturated rings. The topological polar surface area (TPSA) is 27.7 Å². The molecule has 0 aromatic heterocycles. The van der Waals surface area contributed by atoms with Gasteiger partial charge in [0.25, 0.3) is 0 Å². The molecule has 4 heteroatoms. The first-order chi connectivity index (χ1) is 9.49. The quantitative estimate of drug-likeness (QED) is 0.786. The molecule has 1 aromatic carbocycles. The molecule has 1 N–H and O–H groups in total. The predicted octanol–water partition coefficient (Wildman–Crippen LogP) is 1.84. The minimum absolute atomic E-state index is 0.313. The van der Waals surface area contributed by atoms with E-state index in [2.05, 4.69) is 55.3 Å². The Hall–Kier alpha value is -1.10. The number of hydrogen-bond donors (Lipinski definition) is 1. The van der Waals surface area contributed by atoms with Gasteiger partial charge in [-0.3, -0.25) is 0 Å². The Morgan fingerprint density at radius 3 is 2.15 bits per heavy atom. The lowest BCUT2D eigenvalue weighted by Crippen LogP contribution is -2.42. The number of nitrogens with one attached hydrogen (secondary N) is 1. The van der Waals surface area contributed by atoms with Crippen molar-refractivity contribution >= 4 is 0 Å². The van der Waals surface area contributed by atoms with Crippen LogP contribution in [0.2, 0.25) is 0 Å². The maximum absolute atomic E-state index is 5.22. The molecule has 1 aromatic rings. The van der Waals surface area contributed by atoms with Gasteiger partial charge in [-0.25, -0.2) is 0 Å². The number of hydrogen-bond acceptors (Lipinski definition) is 4. The van der Waals surface area contributed by atoms with Crippen molar-refractivity contribution in [2.45, 2.75) is 19.0 Å². The highest BCUT2D eigenvalue weighted by Gasteiger charge is 2.21. The molecule has 0 spiro atoms. The lowest BCUT2D eigenvalue weighted by molar-refractivity contribution is 0.193. The zero-order chi connectivity index (χ0) is 15.1. The Bertz CT molecular complexity index is 378. The van der Waals surface area contributed by atoms with Gasteiger partial charge < -0.3 is 19.9 Å². The fourth-order valence-electron chi connectivity index (χ4n) is 2.31. The summed E-state index contributed by atoms with van der Waals surface area (Å²) < 4.78 is 5.22. The minimum atomic E-state index is 0.313. The molecule has 0 radical (unpaired) electrons. The van der Waals surface area contributed by atoms with Crippen molar-refractivity contribution in [1.82, 2.24) is 15.1 Å². The second-order valence-corrected chi connectivity index (χ2v) is 5.56. The van der Waals surface area contributed by atoms with Crippen LogP contribution in [0, 0.1) is 0 Å². The molecule has 1 rings (SSSR count). The van der Waals surface area contributed by atoms with Crippen molar-refractivity contribution < 1.29 is 4.74 Å². The van der Waals surface area contributed by atoms with Gasteiger partial charge in [0.1, 0.15) is 5.75 Å². The van der Waals surface area contributed by atoms with Crippen LogP contribution in [0.4, 0.5) is 0 Å². The average molecular weight is 279 g/mol. The van der Waals surface area contributed by atoms with Crippen LogP contribution in [0.3, 0.4) is 0 Å². The largest absolute Gasteiger partial charge is 0.497 e. The standard InChI is InChI=1S/C16H29N3O/c1-13(19(5)12-11-18(3)4)16(17-2)14-7-9-15(20-6)10-8-14/h7-10,13,16-17H,11-12H2,1-6H3. The summed E-state index contributed by atoms with van der Waals surface area (Å²) in [4.78, 5) is 4.61. The summed E-state index contributed by atoms with van der Waals surface area (Å²) >= 11 is 0. The second kappa shape index (κ2) is 8.25. The van der Waals surface area contributed by atoms with Crippen LogP contribution in [0.15, 0.2) is 24.3 Å². The normalized spacial score (nSPS) is 14.6. The number of methoxy groups -OCH3 is 1. The van der Waals surface area contributed by atoms with Crippen molar-refractivity contribution in [2.24, 2.45) is 0 Å². The molecule has 0 aliphatic heterocycles. The maximum Gasteiger partial charge on any atom is 0.118 e. The smallest absolute Gasteiger partial charge is 0.118 e. The number of rotatable bonds is 8. The SMILES string of the molecule is CNC(c1ccc(OC)cc1)C(C)N(C)CCN(C)C. The molecule has 2 atom stereocenters. The maximum atomic E-state index is 5.22. The lowest BCUT2D eigenvalue weighted by Gasteiger charge is -2.33. The number of benzene rings is 1. The van der Waals surface area contributed by atoms with E-state index in [-0.39, 0.29) is 0 Å². The molecule has 20 heavy (non-hydrogen) atoms. The van der Waals surface area contributed by atoms with Gasteiger partial charge in [0.15, 0.2) is 0 Å². The predicted molar refractivity (Wildman–Crippen MR) is 85.4 cm³/mol. The van der Waals surface area contributed by atoms with Gasteiger partial charge in [-0.05, 0) is 52.8 Å². The van der Waals surface area contributed by atoms with Crippen LogP contribution in [0.1, 0.15) is 18.5 Å². The molecular weight excluding hydrogens is 250 g/mol. The van der Waals surface area contributed by atoms with Gasteiger partial charge in [-0.1, -0.05) is 12.1 Å². The second-order valence-electron chi connectivity index (χ2n) is 5.56. The Morgan fingerprint density at radius 1 is 1.10 bits per heavy atom. The van der Waals surface area contributed by atoms with Crippen LogP contribution in [0.25, 0.3) is 0 Å². The highest BCUT2D eigenvalue weighted by atomic mass is 16.5. The zero-order valence-electron chi connectivity index (χ0n) is 13.7. The van der Waals surface area contributed by atoms with E-state index in [9.17, 15) is 0 Å². The molecule has 0 aliphatic rings. The molecule has 0 bridgehead atoms. The van der Waals surface area contributed by atoms with E-state index in [4.69, 9.17) is 4.74 Å². The third-order valence-electron chi connectivity index (χ3n) is 3.86. The summed E-state index contributed by atoms with van der Waals surface area (Å²) in [6.07, 6.45) is 0. The van der Waals surface area contributed by atoms with Crippen molar-refractivity contribution in [3.05, 3.63) is 29.8 Å². The molecule has 0 saturated heterocycles. The third-order valence-corrected chi connectivity index (χ3v) is 3.86. The van der Waals surface area contributed by atoms with Crippen LogP contribution >= 0.6 is 0 Å². The molecular formula is C16H29N3O. The van der Waals surface area contributed by atoms with E-state index < -0.39 is 0 Å². The van der Waals surface area contributed by atoms with Crippen LogP contribution in [0.5, 0.6) is 5.75 Å². The Balaban J connectivity index is 2.72. The summed E-state index contributed by atoms with van der Waals surface area (Å²) in [7, 11) is 10.1. The van der Waals surface area contributed by atoms with Gasteiger partial charge >= 0.3 is 0 Å². The van der Waals surface area contributed by atoms with Crippen molar-refractivity contribution in [3.8, 4) is 5.75 Å². The number of ether oxygens (including phenoxy) is 1. The van der Waals surface area contributed by atoms with Gasteiger partial charge in [-0.15, -0.1) is 0 Å². The first-order valence-electron chi connectivity index (χ1n) is 7.15. The molecule has 0 aliphatic carbocycles. The van der Waals surface area contributed by atoms with Crippen LogP contribution in [-0.4, -0.2) is 64.2 Å². The van der Waals surface area contributed by atoms with E-state index in [1.165, 1.54) is 5.56 Å². The first-order valence-corrected chi connectivity index (χ1v) is 7.15. The first kappa shape index (κ1) is 17.0. The van der Waals surface area contributed by atoms with E-state index in [1.807, 2.05) is 19.2 Å². The highest BCUT2D eigenvalue weighted by molar-refractivity contribution is 5.29. The summed E-state index contributed by atoms with van der Waals surface area (Å²) in [5.41, 5.74) is 1.29. The average Bonchev–Trinajstić information content (AvgIpc) is 2.46. The molecule has 0 amide bonds. The molecule has 114 valence electrons. The van der Waals surface area contributed by atoms with E-state index in [1.54, 1.807) is 7.11 Å². The minimum Gasteiger partial charge on any atom is -0.497 e. The third kappa shape index (κ3) is 4.78. The van der Waals surface area contributed by atoms with Crippen molar-refractivity contribution in [3.63, 3.8) is 0 Å². The number of likely N-dealkylation sites (N-methyl/N-ethyl adjacent to an activating group) is 3. The van der Waals surface area contributed by atoms with Crippen LogP contribution < -0.4 is 10.1 Å². The highest BCUT2D eigenvalue weighted by Crippen LogP contribution is 2.22. The Morgan fingerprint density at radius 2 is 1.70 bits per heavy atom. The Labute approximate surface area is 123 Å². The van der Waals surface area contributed by atoms with Gasteiger partial charge in [-0.2, -0.15) is 0 Å². The lowest BCUT2D eigenvalue weighted by atomic mass is 9.99. The van der Waals surface area contributed by atoms with E-state index >= 15 is 0 Å². The Kier molecular flexibility index (Phi) is 6.99. The fraction of sp³-hybridized carbons (Fsp3) is 0.625. The summed E-state index contributed by atoms with van der Waals surface area (Å²) in [5, 5.41) is 3.43. The molecule has 2 unspecified atom stereocenters. The van der Waals surface area contributed by atoms with Gasteiger partial charge in [0, 0.05) is 25.2 Å². The molecule has 0 saturated carbocycles. The summed E-state index contributed by atoms with van der Waals surface area (Å²) in [5.74, 6) is 0.900. The zero-order valence-corrected chi connectivity index (χ0v) is 13.7. The number of nitrogens with zero attached hydrogens (tertiary/aromatic N) is 2. The summed E-state index contributed by atoms with van der Waals surface area (Å²) in [6.45, 7) is 4.39. The summed E-state index contributed by atoms with van der Waals surface area (Å²) in [6, 6.07) is 9.05.